The van der Waals surface area contributed by atoms with Crippen molar-refractivity contribution in [3.05, 3.63) is 65.5 Å². The smallest absolute Gasteiger partial charge is 0.0717 e. The van der Waals surface area contributed by atoms with Crippen molar-refractivity contribution in [2.75, 3.05) is 6.61 Å². The number of aromatic nitrogens is 1. The molecule has 0 aliphatic heterocycles. The molecular weight excluding hydrogens is 210 g/mol. The Morgan fingerprint density at radius 3 is 2.59 bits per heavy atom. The van der Waals surface area contributed by atoms with Gasteiger partial charge in [-0.3, -0.25) is 4.98 Å². The molecule has 0 fully saturated rings. The first-order valence-corrected chi connectivity index (χ1v) is 5.88. The fraction of sp³-hybridized carbons (Fsp3) is 0.267. The van der Waals surface area contributed by atoms with E-state index in [-0.39, 0.29) is 0 Å². The van der Waals surface area contributed by atoms with Gasteiger partial charge >= 0.3 is 0 Å². The summed E-state index contributed by atoms with van der Waals surface area (Å²) in [5.41, 5.74) is 3.58. The monoisotopic (exact) mass is 227 g/mol. The summed E-state index contributed by atoms with van der Waals surface area (Å²) in [6.07, 6.45) is 2.68. The second-order valence-electron chi connectivity index (χ2n) is 4.11. The number of hydrogen-bond acceptors (Lipinski definition) is 2. The lowest BCUT2D eigenvalue weighted by Crippen LogP contribution is -2.00. The molecule has 0 saturated heterocycles. The first-order chi connectivity index (χ1) is 8.34. The Kier molecular flexibility index (Phi) is 4.28. The number of ether oxygens (including phenoxy) is 1. The van der Waals surface area contributed by atoms with E-state index < -0.39 is 0 Å². The van der Waals surface area contributed by atoms with Crippen LogP contribution in [0.25, 0.3) is 0 Å². The molecule has 2 nitrogen and oxygen atoms in total. The fourth-order valence-corrected chi connectivity index (χ4v) is 1.60. The van der Waals surface area contributed by atoms with Crippen molar-refractivity contribution in [2.24, 2.45) is 0 Å². The molecule has 0 bridgehead atoms. The van der Waals surface area contributed by atoms with Gasteiger partial charge in [0.15, 0.2) is 0 Å². The van der Waals surface area contributed by atoms with Gasteiger partial charge in [0, 0.05) is 18.3 Å². The van der Waals surface area contributed by atoms with Gasteiger partial charge in [-0.2, -0.15) is 0 Å². The molecule has 1 aromatic heterocycles. The highest BCUT2D eigenvalue weighted by Crippen LogP contribution is 2.05. The normalized spacial score (nSPS) is 10.4. The molecule has 17 heavy (non-hydrogen) atoms. The van der Waals surface area contributed by atoms with Gasteiger partial charge in [0.05, 0.1) is 13.2 Å². The van der Waals surface area contributed by atoms with Crippen LogP contribution in [0, 0.1) is 6.92 Å². The molecule has 2 aromatic rings. The fourth-order valence-electron chi connectivity index (χ4n) is 1.60. The topological polar surface area (TPSA) is 22.1 Å². The quantitative estimate of drug-likeness (QED) is 0.732. The van der Waals surface area contributed by atoms with Crippen molar-refractivity contribution in [3.8, 4) is 0 Å². The van der Waals surface area contributed by atoms with Gasteiger partial charge in [-0.15, -0.1) is 0 Å². The lowest BCUT2D eigenvalue weighted by atomic mass is 10.2. The van der Waals surface area contributed by atoms with Crippen LogP contribution in [0.15, 0.2) is 48.7 Å². The Morgan fingerprint density at radius 1 is 1.06 bits per heavy atom. The molecule has 88 valence electrons. The average molecular weight is 227 g/mol. The summed E-state index contributed by atoms with van der Waals surface area (Å²) in [5, 5.41) is 0. The Hall–Kier alpha value is -1.67. The summed E-state index contributed by atoms with van der Waals surface area (Å²) in [7, 11) is 0. The third-order valence-electron chi connectivity index (χ3n) is 2.62. The van der Waals surface area contributed by atoms with Crippen LogP contribution in [0.2, 0.25) is 0 Å². The van der Waals surface area contributed by atoms with Crippen molar-refractivity contribution in [3.63, 3.8) is 0 Å². The number of rotatable bonds is 5. The van der Waals surface area contributed by atoms with Gasteiger partial charge in [-0.25, -0.2) is 0 Å². The van der Waals surface area contributed by atoms with E-state index in [1.807, 2.05) is 24.4 Å². The first kappa shape index (κ1) is 11.8. The molecule has 0 spiro atoms. The molecule has 0 saturated carbocycles. The second kappa shape index (κ2) is 6.16. The maximum absolute atomic E-state index is 5.62. The lowest BCUT2D eigenvalue weighted by molar-refractivity contribution is 0.123. The SMILES string of the molecule is Cc1ccc(COCCc2ccccn2)cc1. The molecular formula is C15H17NO. The van der Waals surface area contributed by atoms with E-state index in [9.17, 15) is 0 Å². The average Bonchev–Trinajstić information content (AvgIpc) is 2.38. The van der Waals surface area contributed by atoms with Gasteiger partial charge in [0.25, 0.3) is 0 Å². The largest absolute Gasteiger partial charge is 0.376 e. The molecule has 0 atom stereocenters. The Balaban J connectivity index is 1.71. The second-order valence-corrected chi connectivity index (χ2v) is 4.11. The maximum atomic E-state index is 5.62. The summed E-state index contributed by atoms with van der Waals surface area (Å²) >= 11 is 0. The van der Waals surface area contributed by atoms with Crippen molar-refractivity contribution in [2.45, 2.75) is 20.0 Å². The molecule has 2 rings (SSSR count). The van der Waals surface area contributed by atoms with Gasteiger partial charge < -0.3 is 4.74 Å². The maximum Gasteiger partial charge on any atom is 0.0717 e. The predicted molar refractivity (Wildman–Crippen MR) is 68.8 cm³/mol. The highest BCUT2D eigenvalue weighted by molar-refractivity contribution is 5.20. The van der Waals surface area contributed by atoms with Crippen LogP contribution >= 0.6 is 0 Å². The number of aryl methyl sites for hydroxylation is 1. The van der Waals surface area contributed by atoms with Crippen LogP contribution in [0.1, 0.15) is 16.8 Å². The molecule has 0 N–H and O–H groups in total. The van der Waals surface area contributed by atoms with Crippen molar-refractivity contribution in [1.82, 2.24) is 4.98 Å². The van der Waals surface area contributed by atoms with Crippen LogP contribution in [0.3, 0.4) is 0 Å². The third kappa shape index (κ3) is 4.00. The van der Waals surface area contributed by atoms with Crippen molar-refractivity contribution >= 4 is 0 Å². The first-order valence-electron chi connectivity index (χ1n) is 5.88. The van der Waals surface area contributed by atoms with Crippen molar-refractivity contribution < 1.29 is 4.74 Å². The van der Waals surface area contributed by atoms with Gasteiger partial charge in [-0.05, 0) is 24.6 Å². The van der Waals surface area contributed by atoms with E-state index in [4.69, 9.17) is 4.74 Å². The Bertz CT molecular complexity index is 436. The van der Waals surface area contributed by atoms with E-state index in [0.717, 1.165) is 12.1 Å². The molecule has 0 amide bonds. The van der Waals surface area contributed by atoms with E-state index >= 15 is 0 Å². The van der Waals surface area contributed by atoms with Crippen LogP contribution < -0.4 is 0 Å². The molecule has 0 radical (unpaired) electrons. The summed E-state index contributed by atoms with van der Waals surface area (Å²) in [6.45, 7) is 3.48. The van der Waals surface area contributed by atoms with Crippen LogP contribution in [-0.2, 0) is 17.8 Å². The molecule has 1 aromatic carbocycles. The summed E-state index contributed by atoms with van der Waals surface area (Å²) < 4.78 is 5.62. The third-order valence-corrected chi connectivity index (χ3v) is 2.62. The summed E-state index contributed by atoms with van der Waals surface area (Å²) in [5.74, 6) is 0. The minimum absolute atomic E-state index is 0.674. The zero-order valence-corrected chi connectivity index (χ0v) is 10.1. The molecule has 2 heteroatoms. The van der Waals surface area contributed by atoms with E-state index in [1.54, 1.807) is 0 Å². The lowest BCUT2D eigenvalue weighted by Gasteiger charge is -2.04. The Morgan fingerprint density at radius 2 is 1.88 bits per heavy atom. The number of nitrogens with zero attached hydrogens (tertiary/aromatic N) is 1. The van der Waals surface area contributed by atoms with Gasteiger partial charge in [-0.1, -0.05) is 35.9 Å². The number of pyridine rings is 1. The highest BCUT2D eigenvalue weighted by atomic mass is 16.5. The minimum atomic E-state index is 0.674. The van der Waals surface area contributed by atoms with Crippen LogP contribution in [-0.4, -0.2) is 11.6 Å². The zero-order valence-electron chi connectivity index (χ0n) is 10.1. The predicted octanol–water partition coefficient (Wildman–Crippen LogP) is 3.15. The minimum Gasteiger partial charge on any atom is -0.376 e. The summed E-state index contributed by atoms with van der Waals surface area (Å²) in [4.78, 5) is 4.25. The Labute approximate surface area is 102 Å². The molecule has 0 aliphatic carbocycles. The van der Waals surface area contributed by atoms with Crippen LogP contribution in [0.4, 0.5) is 0 Å². The van der Waals surface area contributed by atoms with Crippen molar-refractivity contribution in [1.29, 1.82) is 0 Å². The number of hydrogen-bond donors (Lipinski definition) is 0. The summed E-state index contributed by atoms with van der Waals surface area (Å²) in [6, 6.07) is 14.4. The molecule has 0 aliphatic rings. The van der Waals surface area contributed by atoms with E-state index in [2.05, 4.69) is 36.2 Å². The molecule has 1 heterocycles. The van der Waals surface area contributed by atoms with E-state index in [0.29, 0.717) is 13.2 Å². The van der Waals surface area contributed by atoms with Gasteiger partial charge in [0.2, 0.25) is 0 Å². The van der Waals surface area contributed by atoms with E-state index in [1.165, 1.54) is 11.1 Å². The molecule has 0 unspecified atom stereocenters. The number of benzene rings is 1. The zero-order chi connectivity index (χ0) is 11.9. The highest BCUT2D eigenvalue weighted by Gasteiger charge is 1.95. The standard InChI is InChI=1S/C15H17NO/c1-13-5-7-14(8-6-13)12-17-11-9-15-4-2-3-10-16-15/h2-8,10H,9,11-12H2,1H3. The van der Waals surface area contributed by atoms with Crippen LogP contribution in [0.5, 0.6) is 0 Å². The van der Waals surface area contributed by atoms with Gasteiger partial charge in [0.1, 0.15) is 0 Å².